The van der Waals surface area contributed by atoms with E-state index in [1.807, 2.05) is 41.4 Å². The van der Waals surface area contributed by atoms with Crippen LogP contribution in [0.4, 0.5) is 5.69 Å². The van der Waals surface area contributed by atoms with Crippen molar-refractivity contribution >= 4 is 69.7 Å². The fraction of sp³-hybridized carbons (Fsp3) is 0.133. The van der Waals surface area contributed by atoms with Gasteiger partial charge in [0.15, 0.2) is 0 Å². The van der Waals surface area contributed by atoms with Gasteiger partial charge in [-0.2, -0.15) is 5.10 Å². The molecule has 0 saturated heterocycles. The van der Waals surface area contributed by atoms with Gasteiger partial charge in [-0.25, -0.2) is 5.01 Å². The minimum Gasteiger partial charge on any atom is -0.457 e. The largest absolute Gasteiger partial charge is 0.457 e. The summed E-state index contributed by atoms with van der Waals surface area (Å²) in [6, 6.07) is 15.0. The van der Waals surface area contributed by atoms with Crippen molar-refractivity contribution in [3.05, 3.63) is 53.6 Å². The zero-order chi connectivity index (χ0) is 15.7. The first kappa shape index (κ1) is 16.3. The lowest BCUT2D eigenvalue weighted by Gasteiger charge is -2.20. The molecule has 7 heteroatoms. The Hall–Kier alpha value is -0.560. The number of hydrazone groups is 1. The topological polar surface area (TPSA) is 24.8 Å². The lowest BCUT2D eigenvalue weighted by atomic mass is 10.3. The molecule has 0 amide bonds. The number of hydrogen-bond acceptors (Lipinski definition) is 3. The molecule has 0 saturated carbocycles. The van der Waals surface area contributed by atoms with Gasteiger partial charge in [0.1, 0.15) is 21.1 Å². The third kappa shape index (κ3) is 3.50. The molecule has 0 spiro atoms. The van der Waals surface area contributed by atoms with Gasteiger partial charge in [-0.3, -0.25) is 0 Å². The van der Waals surface area contributed by atoms with E-state index in [2.05, 4.69) is 52.9 Å². The molecule has 2 unspecified atom stereocenters. The van der Waals surface area contributed by atoms with Crippen molar-refractivity contribution in [2.45, 2.75) is 9.78 Å². The fourth-order valence-electron chi connectivity index (χ4n) is 1.96. The average molecular weight is 509 g/mol. The zero-order valence-corrected chi connectivity index (χ0v) is 16.6. The standard InChI is InChI=1S/C15H10Br3ClN2O/c16-13-14(17)20-21(15(13)18)10-3-7-12(8-4-10)22-11-5-1-9(19)2-6-11/h1-8,13,15H. The Morgan fingerprint density at radius 1 is 0.955 bits per heavy atom. The van der Waals surface area contributed by atoms with E-state index in [0.29, 0.717) is 5.02 Å². The van der Waals surface area contributed by atoms with Crippen LogP contribution >= 0.6 is 59.4 Å². The predicted octanol–water partition coefficient (Wildman–Crippen LogP) is 6.15. The number of anilines is 1. The Balaban J connectivity index is 1.74. The molecule has 1 heterocycles. The van der Waals surface area contributed by atoms with E-state index >= 15 is 0 Å². The summed E-state index contributed by atoms with van der Waals surface area (Å²) in [5, 5.41) is 7.05. The maximum atomic E-state index is 5.86. The minimum absolute atomic E-state index is 0.0601. The molecule has 0 bridgehead atoms. The molecular formula is C15H10Br3ClN2O. The van der Waals surface area contributed by atoms with E-state index < -0.39 is 0 Å². The van der Waals surface area contributed by atoms with Crippen molar-refractivity contribution in [2.75, 3.05) is 5.01 Å². The number of nitrogens with zero attached hydrogens (tertiary/aromatic N) is 2. The molecule has 0 aromatic heterocycles. The van der Waals surface area contributed by atoms with Gasteiger partial charge >= 0.3 is 0 Å². The van der Waals surface area contributed by atoms with Crippen LogP contribution in [-0.4, -0.2) is 14.4 Å². The molecule has 0 fully saturated rings. The summed E-state index contributed by atoms with van der Waals surface area (Å²) < 4.78 is 6.63. The van der Waals surface area contributed by atoms with Crippen LogP contribution in [0.1, 0.15) is 0 Å². The normalized spacial score (nSPS) is 20.9. The van der Waals surface area contributed by atoms with Crippen molar-refractivity contribution < 1.29 is 4.74 Å². The van der Waals surface area contributed by atoms with Gasteiger partial charge in [-0.05, 0) is 64.5 Å². The summed E-state index contributed by atoms with van der Waals surface area (Å²) in [5.41, 5.74) is 0.976. The number of ether oxygens (including phenoxy) is 1. The third-order valence-electron chi connectivity index (χ3n) is 3.06. The second-order valence-corrected chi connectivity index (χ2v) is 7.77. The van der Waals surface area contributed by atoms with E-state index in [1.165, 1.54) is 0 Å². The molecule has 1 aliphatic heterocycles. The molecule has 1 aliphatic rings. The Morgan fingerprint density at radius 2 is 1.50 bits per heavy atom. The molecule has 2 aromatic carbocycles. The van der Waals surface area contributed by atoms with E-state index in [0.717, 1.165) is 21.8 Å². The number of rotatable bonds is 3. The summed E-state index contributed by atoms with van der Waals surface area (Å²) in [6.07, 6.45) is 0. The summed E-state index contributed by atoms with van der Waals surface area (Å²) >= 11 is 16.5. The number of hydrogen-bond donors (Lipinski definition) is 0. The van der Waals surface area contributed by atoms with Crippen molar-refractivity contribution in [3.63, 3.8) is 0 Å². The maximum absolute atomic E-state index is 5.86. The Morgan fingerprint density at radius 3 is 2.00 bits per heavy atom. The van der Waals surface area contributed by atoms with E-state index in [-0.39, 0.29) is 9.78 Å². The van der Waals surface area contributed by atoms with Gasteiger partial charge in [0, 0.05) is 5.02 Å². The summed E-state index contributed by atoms with van der Waals surface area (Å²) in [6.45, 7) is 0. The molecule has 22 heavy (non-hydrogen) atoms. The Labute approximate surface area is 158 Å². The van der Waals surface area contributed by atoms with Gasteiger partial charge in [0.2, 0.25) is 0 Å². The molecule has 3 rings (SSSR count). The molecule has 114 valence electrons. The second-order valence-electron chi connectivity index (χ2n) is 4.59. The minimum atomic E-state index is 0.0601. The van der Waals surface area contributed by atoms with Gasteiger partial charge in [-0.1, -0.05) is 43.5 Å². The van der Waals surface area contributed by atoms with E-state index in [9.17, 15) is 0 Å². The van der Waals surface area contributed by atoms with Crippen molar-refractivity contribution in [2.24, 2.45) is 5.10 Å². The highest BCUT2D eigenvalue weighted by Crippen LogP contribution is 2.34. The van der Waals surface area contributed by atoms with Gasteiger partial charge in [-0.15, -0.1) is 0 Å². The van der Waals surface area contributed by atoms with Gasteiger partial charge in [0.25, 0.3) is 0 Å². The summed E-state index contributed by atoms with van der Waals surface area (Å²) in [7, 11) is 0. The molecular weight excluding hydrogens is 499 g/mol. The van der Waals surface area contributed by atoms with Crippen LogP contribution in [0.2, 0.25) is 5.02 Å². The highest BCUT2D eigenvalue weighted by Gasteiger charge is 2.33. The Bertz CT molecular complexity index is 691. The lowest BCUT2D eigenvalue weighted by Crippen LogP contribution is -2.26. The van der Waals surface area contributed by atoms with Gasteiger partial charge in [0.05, 0.1) is 10.5 Å². The number of benzene rings is 2. The second kappa shape index (κ2) is 6.91. The molecule has 0 N–H and O–H groups in total. The van der Waals surface area contributed by atoms with Crippen LogP contribution in [0, 0.1) is 0 Å². The highest BCUT2D eigenvalue weighted by atomic mass is 79.9. The predicted molar refractivity (Wildman–Crippen MR) is 102 cm³/mol. The molecule has 0 aliphatic carbocycles. The molecule has 0 radical (unpaired) electrons. The van der Waals surface area contributed by atoms with Crippen LogP contribution < -0.4 is 9.75 Å². The smallest absolute Gasteiger partial charge is 0.127 e. The van der Waals surface area contributed by atoms with Crippen molar-refractivity contribution in [3.8, 4) is 11.5 Å². The van der Waals surface area contributed by atoms with E-state index in [1.54, 1.807) is 12.1 Å². The monoisotopic (exact) mass is 506 g/mol. The van der Waals surface area contributed by atoms with Crippen LogP contribution in [-0.2, 0) is 0 Å². The summed E-state index contributed by atoms with van der Waals surface area (Å²) in [4.78, 5) is 0.183. The lowest BCUT2D eigenvalue weighted by molar-refractivity contribution is 0.482. The van der Waals surface area contributed by atoms with Crippen LogP contribution in [0.25, 0.3) is 0 Å². The zero-order valence-electron chi connectivity index (χ0n) is 11.1. The van der Waals surface area contributed by atoms with Gasteiger partial charge < -0.3 is 4.74 Å². The van der Waals surface area contributed by atoms with Crippen molar-refractivity contribution in [1.82, 2.24) is 0 Å². The molecule has 2 atom stereocenters. The van der Waals surface area contributed by atoms with Crippen LogP contribution in [0.15, 0.2) is 53.6 Å². The SMILES string of the molecule is Clc1ccc(Oc2ccc(N3N=C(Br)C(Br)C3Br)cc2)cc1. The number of halogens is 4. The van der Waals surface area contributed by atoms with Crippen LogP contribution in [0.3, 0.4) is 0 Å². The quantitative estimate of drug-likeness (QED) is 0.367. The highest BCUT2D eigenvalue weighted by molar-refractivity contribution is 9.20. The number of alkyl halides is 2. The first-order valence-electron chi connectivity index (χ1n) is 6.39. The average Bonchev–Trinajstić information content (AvgIpc) is 2.78. The van der Waals surface area contributed by atoms with E-state index in [4.69, 9.17) is 16.3 Å². The van der Waals surface area contributed by atoms with Crippen LogP contribution in [0.5, 0.6) is 11.5 Å². The van der Waals surface area contributed by atoms with Crippen molar-refractivity contribution in [1.29, 1.82) is 0 Å². The first-order valence-corrected chi connectivity index (χ1v) is 9.40. The third-order valence-corrected chi connectivity index (χ3v) is 7.14. The first-order chi connectivity index (χ1) is 10.5. The molecule has 2 aromatic rings. The fourth-order valence-corrected chi connectivity index (χ4v) is 3.75. The summed E-state index contributed by atoms with van der Waals surface area (Å²) in [5.74, 6) is 1.51. The maximum Gasteiger partial charge on any atom is 0.127 e. The molecule has 3 nitrogen and oxygen atoms in total. The Kier molecular flexibility index (Phi) is 5.12.